The second-order valence-corrected chi connectivity index (χ2v) is 6.65. The maximum atomic E-state index is 12.8. The summed E-state index contributed by atoms with van der Waals surface area (Å²) in [5.74, 6) is -0.947. The number of amides is 2. The predicted molar refractivity (Wildman–Crippen MR) is 87.2 cm³/mol. The molecule has 1 fully saturated rings. The Morgan fingerprint density at radius 1 is 1.32 bits per heavy atom. The van der Waals surface area contributed by atoms with Crippen molar-refractivity contribution in [2.75, 3.05) is 18.4 Å². The molecular weight excluding hydrogens is 359 g/mol. The molecule has 4 N–H and O–H groups in total. The number of alkyl halides is 3. The van der Waals surface area contributed by atoms with Gasteiger partial charge in [-0.3, -0.25) is 9.59 Å². The van der Waals surface area contributed by atoms with Gasteiger partial charge in [-0.15, -0.1) is 0 Å². The normalized spacial score (nSPS) is 22.3. The van der Waals surface area contributed by atoms with Crippen LogP contribution in [-0.4, -0.2) is 30.9 Å². The van der Waals surface area contributed by atoms with Gasteiger partial charge in [0, 0.05) is 18.8 Å². The first-order valence-corrected chi connectivity index (χ1v) is 8.29. The van der Waals surface area contributed by atoms with Crippen LogP contribution in [0.4, 0.5) is 18.9 Å². The monoisotopic (exact) mass is 378 g/mol. The Bertz CT molecular complexity index is 659. The average molecular weight is 379 g/mol. The average Bonchev–Trinajstić information content (AvgIpc) is 2.55. The van der Waals surface area contributed by atoms with Crippen LogP contribution in [0.1, 0.15) is 25.3 Å². The predicted octanol–water partition coefficient (Wildman–Crippen LogP) is 1.47. The number of nitrogens with two attached hydrogens (primary N) is 1. The quantitative estimate of drug-likeness (QED) is 0.742. The van der Waals surface area contributed by atoms with E-state index in [1.807, 2.05) is 0 Å². The Labute approximate surface area is 148 Å². The van der Waals surface area contributed by atoms with E-state index in [4.69, 9.17) is 17.3 Å². The lowest BCUT2D eigenvalue weighted by atomic mass is 9.95. The Morgan fingerprint density at radius 3 is 2.44 bits per heavy atom. The van der Waals surface area contributed by atoms with Crippen molar-refractivity contribution < 1.29 is 27.7 Å². The number of halogens is 4. The van der Waals surface area contributed by atoms with Gasteiger partial charge in [0.15, 0.2) is 6.04 Å². The number of quaternary nitrogens is 1. The molecule has 1 heterocycles. The molecule has 0 radical (unpaired) electrons. The molecule has 0 aromatic heterocycles. The van der Waals surface area contributed by atoms with E-state index < -0.39 is 23.7 Å². The number of hydrogen-bond acceptors (Lipinski definition) is 2. The molecule has 1 aliphatic heterocycles. The molecule has 1 aromatic carbocycles. The number of likely N-dealkylation sites (tertiary alicyclic amines) is 1. The second-order valence-electron chi connectivity index (χ2n) is 6.24. The third-order valence-electron chi connectivity index (χ3n) is 4.59. The number of carbonyl (C=O) groups excluding carboxylic acids is 2. The van der Waals surface area contributed by atoms with Crippen molar-refractivity contribution in [2.45, 2.75) is 32.0 Å². The first kappa shape index (κ1) is 19.5. The van der Waals surface area contributed by atoms with Gasteiger partial charge in [0.2, 0.25) is 5.91 Å². The van der Waals surface area contributed by atoms with E-state index in [-0.39, 0.29) is 22.5 Å². The van der Waals surface area contributed by atoms with Crippen molar-refractivity contribution in [1.82, 2.24) is 0 Å². The van der Waals surface area contributed by atoms with Crippen molar-refractivity contribution in [3.8, 4) is 0 Å². The summed E-state index contributed by atoms with van der Waals surface area (Å²) in [5, 5.41) is 2.51. The van der Waals surface area contributed by atoms with Gasteiger partial charge in [0.1, 0.15) is 0 Å². The van der Waals surface area contributed by atoms with Crippen LogP contribution in [0.2, 0.25) is 5.02 Å². The van der Waals surface area contributed by atoms with Crippen molar-refractivity contribution in [3.05, 3.63) is 28.8 Å². The molecule has 138 valence electrons. The lowest BCUT2D eigenvalue weighted by Crippen LogP contribution is -3.17. The SMILES string of the molecule is C[C@H](C(=O)Nc1cc(C(F)(F)F)ccc1Cl)[NH+]1CCC(C(N)=O)CC1. The highest BCUT2D eigenvalue weighted by Crippen LogP contribution is 2.33. The highest BCUT2D eigenvalue weighted by atomic mass is 35.5. The van der Waals surface area contributed by atoms with Gasteiger partial charge in [-0.1, -0.05) is 11.6 Å². The topological polar surface area (TPSA) is 76.6 Å². The van der Waals surface area contributed by atoms with Crippen molar-refractivity contribution >= 4 is 29.1 Å². The summed E-state index contributed by atoms with van der Waals surface area (Å²) in [6.07, 6.45) is -3.34. The first-order chi connectivity index (χ1) is 11.6. The van der Waals surface area contributed by atoms with Crippen molar-refractivity contribution in [1.29, 1.82) is 0 Å². The summed E-state index contributed by atoms with van der Waals surface area (Å²) in [6.45, 7) is 2.88. The number of nitrogens with one attached hydrogen (secondary N) is 2. The molecule has 0 spiro atoms. The minimum Gasteiger partial charge on any atom is -0.369 e. The van der Waals surface area contributed by atoms with Crippen LogP contribution in [0.15, 0.2) is 18.2 Å². The van der Waals surface area contributed by atoms with Gasteiger partial charge in [-0.25, -0.2) is 0 Å². The standard InChI is InChI=1S/C16H19ClF3N3O2/c1-9(23-6-4-10(5-7-23)14(21)24)15(25)22-13-8-11(16(18,19)20)2-3-12(13)17/h2-3,8-10H,4-7H2,1H3,(H2,21,24)(H,22,25)/p+1/t9-/m1/s1. The van der Waals surface area contributed by atoms with E-state index in [1.165, 1.54) is 0 Å². The van der Waals surface area contributed by atoms with Crippen LogP contribution in [0.25, 0.3) is 0 Å². The van der Waals surface area contributed by atoms with E-state index >= 15 is 0 Å². The molecule has 0 bridgehead atoms. The number of rotatable bonds is 4. The molecule has 5 nitrogen and oxygen atoms in total. The number of carbonyl (C=O) groups is 2. The minimum absolute atomic E-state index is 0.0380. The largest absolute Gasteiger partial charge is 0.416 e. The summed E-state index contributed by atoms with van der Waals surface area (Å²) in [6, 6.07) is 2.30. The van der Waals surface area contributed by atoms with Gasteiger partial charge in [0.25, 0.3) is 5.91 Å². The highest BCUT2D eigenvalue weighted by molar-refractivity contribution is 6.33. The second kappa shape index (κ2) is 7.61. The van der Waals surface area contributed by atoms with Gasteiger partial charge in [-0.2, -0.15) is 13.2 Å². The summed E-state index contributed by atoms with van der Waals surface area (Å²) in [7, 11) is 0. The molecule has 0 aliphatic carbocycles. The Kier molecular flexibility index (Phi) is 5.95. The van der Waals surface area contributed by atoms with Gasteiger partial charge < -0.3 is 16.0 Å². The molecule has 1 saturated heterocycles. The number of benzene rings is 1. The summed E-state index contributed by atoms with van der Waals surface area (Å²) < 4.78 is 38.4. The third kappa shape index (κ3) is 4.85. The molecule has 2 rings (SSSR count). The fourth-order valence-electron chi connectivity index (χ4n) is 2.93. The Hall–Kier alpha value is -1.80. The molecule has 9 heteroatoms. The summed E-state index contributed by atoms with van der Waals surface area (Å²) >= 11 is 5.89. The van der Waals surface area contributed by atoms with Crippen LogP contribution in [0.5, 0.6) is 0 Å². The van der Waals surface area contributed by atoms with Crippen molar-refractivity contribution in [3.63, 3.8) is 0 Å². The number of anilines is 1. The molecule has 0 unspecified atom stereocenters. The van der Waals surface area contributed by atoms with Crippen LogP contribution >= 0.6 is 11.6 Å². The fraction of sp³-hybridized carbons (Fsp3) is 0.500. The number of piperidine rings is 1. The zero-order valence-corrected chi connectivity index (χ0v) is 14.4. The van der Waals surface area contributed by atoms with E-state index in [1.54, 1.807) is 6.92 Å². The van der Waals surface area contributed by atoms with Crippen LogP contribution < -0.4 is 16.0 Å². The molecular formula is C16H20ClF3N3O2+. The molecule has 2 amide bonds. The van der Waals surface area contributed by atoms with Gasteiger partial charge in [-0.05, 0) is 25.1 Å². The summed E-state index contributed by atoms with van der Waals surface area (Å²) in [5.41, 5.74) is 4.33. The van der Waals surface area contributed by atoms with E-state index in [9.17, 15) is 22.8 Å². The lowest BCUT2D eigenvalue weighted by molar-refractivity contribution is -0.919. The Balaban J connectivity index is 2.03. The van der Waals surface area contributed by atoms with Gasteiger partial charge in [0.05, 0.1) is 29.4 Å². The fourth-order valence-corrected chi connectivity index (χ4v) is 3.09. The number of hydrogen-bond donors (Lipinski definition) is 3. The van der Waals surface area contributed by atoms with E-state index in [0.29, 0.717) is 25.9 Å². The first-order valence-electron chi connectivity index (χ1n) is 7.91. The minimum atomic E-state index is -4.52. The maximum absolute atomic E-state index is 12.8. The van der Waals surface area contributed by atoms with E-state index in [2.05, 4.69) is 5.32 Å². The Morgan fingerprint density at radius 2 is 1.92 bits per heavy atom. The zero-order valence-electron chi connectivity index (χ0n) is 13.6. The summed E-state index contributed by atoms with van der Waals surface area (Å²) in [4.78, 5) is 24.5. The smallest absolute Gasteiger partial charge is 0.369 e. The number of primary amides is 1. The van der Waals surface area contributed by atoms with Crippen molar-refractivity contribution in [2.24, 2.45) is 11.7 Å². The van der Waals surface area contributed by atoms with E-state index in [0.717, 1.165) is 23.1 Å². The van der Waals surface area contributed by atoms with Gasteiger partial charge >= 0.3 is 6.18 Å². The molecule has 1 aliphatic rings. The zero-order chi connectivity index (χ0) is 18.8. The van der Waals surface area contributed by atoms with Crippen LogP contribution in [0, 0.1) is 5.92 Å². The van der Waals surface area contributed by atoms with Crippen LogP contribution in [0.3, 0.4) is 0 Å². The lowest BCUT2D eigenvalue weighted by Gasteiger charge is -2.31. The molecule has 0 saturated carbocycles. The molecule has 1 atom stereocenters. The third-order valence-corrected chi connectivity index (χ3v) is 4.92. The van der Waals surface area contributed by atoms with Crippen LogP contribution in [-0.2, 0) is 15.8 Å². The molecule has 25 heavy (non-hydrogen) atoms. The molecule has 1 aromatic rings. The maximum Gasteiger partial charge on any atom is 0.416 e. The highest BCUT2D eigenvalue weighted by Gasteiger charge is 2.33.